The largest absolute Gasteiger partial charge is 0.480 e. The molecule has 0 amide bonds. The van der Waals surface area contributed by atoms with Crippen molar-refractivity contribution in [1.29, 1.82) is 0 Å². The molecular weight excluding hydrogens is 144 g/mol. The SMILES string of the molecule is CC#CC(CC(C)=O)C(=O)O. The molecule has 0 aliphatic rings. The van der Waals surface area contributed by atoms with Crippen molar-refractivity contribution >= 4 is 11.8 Å². The second-order valence-corrected chi connectivity index (χ2v) is 2.19. The Hall–Kier alpha value is -1.30. The maximum absolute atomic E-state index is 10.5. The molecule has 11 heavy (non-hydrogen) atoms. The van der Waals surface area contributed by atoms with Crippen LogP contribution >= 0.6 is 0 Å². The lowest BCUT2D eigenvalue weighted by Gasteiger charge is -1.99. The molecule has 0 aromatic heterocycles. The molecule has 0 rings (SSSR count). The van der Waals surface area contributed by atoms with Crippen LogP contribution < -0.4 is 0 Å². The van der Waals surface area contributed by atoms with Crippen LogP contribution in [0.15, 0.2) is 0 Å². The van der Waals surface area contributed by atoms with Crippen molar-refractivity contribution in [1.82, 2.24) is 0 Å². The van der Waals surface area contributed by atoms with Crippen LogP contribution in [-0.4, -0.2) is 16.9 Å². The molecule has 0 radical (unpaired) electrons. The predicted molar refractivity (Wildman–Crippen MR) is 39.9 cm³/mol. The van der Waals surface area contributed by atoms with E-state index in [0.29, 0.717) is 0 Å². The van der Waals surface area contributed by atoms with E-state index in [1.54, 1.807) is 6.92 Å². The number of ketones is 1. The molecule has 0 heterocycles. The fourth-order valence-corrected chi connectivity index (χ4v) is 0.662. The van der Waals surface area contributed by atoms with Crippen LogP contribution in [0, 0.1) is 17.8 Å². The third-order valence-corrected chi connectivity index (χ3v) is 1.11. The van der Waals surface area contributed by atoms with Crippen LogP contribution in [0.4, 0.5) is 0 Å². The summed E-state index contributed by atoms with van der Waals surface area (Å²) in [6.07, 6.45) is -0.00380. The molecule has 0 aromatic carbocycles. The molecule has 0 saturated carbocycles. The number of Topliss-reactive ketones (excluding diaryl/α,β-unsaturated/α-hetero) is 1. The quantitative estimate of drug-likeness (QED) is 0.608. The van der Waals surface area contributed by atoms with E-state index in [1.165, 1.54) is 6.92 Å². The standard InChI is InChI=1S/C8H10O3/c1-3-4-7(8(10)11)5-6(2)9/h7H,5H2,1-2H3,(H,10,11). The summed E-state index contributed by atoms with van der Waals surface area (Å²) >= 11 is 0. The first kappa shape index (κ1) is 9.70. The fraction of sp³-hybridized carbons (Fsp3) is 0.500. The van der Waals surface area contributed by atoms with E-state index in [-0.39, 0.29) is 12.2 Å². The number of rotatable bonds is 3. The lowest BCUT2D eigenvalue weighted by molar-refractivity contribution is -0.141. The highest BCUT2D eigenvalue weighted by Gasteiger charge is 2.15. The second kappa shape index (κ2) is 4.51. The molecule has 1 atom stereocenters. The van der Waals surface area contributed by atoms with Crippen molar-refractivity contribution in [3.8, 4) is 11.8 Å². The minimum absolute atomic E-state index is 0.00380. The van der Waals surface area contributed by atoms with E-state index in [4.69, 9.17) is 5.11 Å². The van der Waals surface area contributed by atoms with Gasteiger partial charge in [0.05, 0.1) is 0 Å². The molecule has 60 valence electrons. The topological polar surface area (TPSA) is 54.4 Å². The Balaban J connectivity index is 4.19. The van der Waals surface area contributed by atoms with Crippen LogP contribution in [-0.2, 0) is 9.59 Å². The van der Waals surface area contributed by atoms with Crippen LogP contribution in [0.1, 0.15) is 20.3 Å². The van der Waals surface area contributed by atoms with Gasteiger partial charge in [0.1, 0.15) is 11.7 Å². The zero-order valence-electron chi connectivity index (χ0n) is 6.55. The van der Waals surface area contributed by atoms with Crippen molar-refractivity contribution in [3.05, 3.63) is 0 Å². The Bertz CT molecular complexity index is 219. The van der Waals surface area contributed by atoms with Gasteiger partial charge in [0.2, 0.25) is 0 Å². The van der Waals surface area contributed by atoms with Gasteiger partial charge in [-0.25, -0.2) is 0 Å². The van der Waals surface area contributed by atoms with Crippen LogP contribution in [0.3, 0.4) is 0 Å². The number of aliphatic carboxylic acids is 1. The van der Waals surface area contributed by atoms with Gasteiger partial charge in [0, 0.05) is 6.42 Å². The Morgan fingerprint density at radius 1 is 1.55 bits per heavy atom. The van der Waals surface area contributed by atoms with E-state index in [1.807, 2.05) is 0 Å². The highest BCUT2D eigenvalue weighted by molar-refractivity contribution is 5.83. The third-order valence-electron chi connectivity index (χ3n) is 1.11. The van der Waals surface area contributed by atoms with Gasteiger partial charge in [0.15, 0.2) is 0 Å². The normalized spacial score (nSPS) is 11.1. The van der Waals surface area contributed by atoms with E-state index >= 15 is 0 Å². The molecule has 0 spiro atoms. The Morgan fingerprint density at radius 3 is 2.36 bits per heavy atom. The molecule has 3 nitrogen and oxygen atoms in total. The monoisotopic (exact) mass is 154 g/mol. The van der Waals surface area contributed by atoms with Crippen LogP contribution in [0.5, 0.6) is 0 Å². The first-order valence-corrected chi connectivity index (χ1v) is 3.22. The fourth-order valence-electron chi connectivity index (χ4n) is 0.662. The van der Waals surface area contributed by atoms with Gasteiger partial charge in [-0.05, 0) is 13.8 Å². The molecule has 0 aliphatic heterocycles. The first-order chi connectivity index (χ1) is 5.07. The van der Waals surface area contributed by atoms with Gasteiger partial charge in [-0.1, -0.05) is 5.92 Å². The average Bonchev–Trinajstić information content (AvgIpc) is 1.86. The van der Waals surface area contributed by atoms with Crippen molar-refractivity contribution in [2.24, 2.45) is 5.92 Å². The molecule has 1 N–H and O–H groups in total. The average molecular weight is 154 g/mol. The summed E-state index contributed by atoms with van der Waals surface area (Å²) in [5.74, 6) is 2.89. The number of carboxylic acids is 1. The van der Waals surface area contributed by atoms with E-state index in [0.717, 1.165) is 0 Å². The molecule has 0 aromatic rings. The maximum atomic E-state index is 10.5. The Morgan fingerprint density at radius 2 is 2.09 bits per heavy atom. The molecule has 0 saturated heterocycles. The molecular formula is C8H10O3. The van der Waals surface area contributed by atoms with Crippen molar-refractivity contribution < 1.29 is 14.7 Å². The Labute approximate surface area is 65.4 Å². The summed E-state index contributed by atoms with van der Waals surface area (Å²) < 4.78 is 0. The zero-order chi connectivity index (χ0) is 8.85. The lowest BCUT2D eigenvalue weighted by atomic mass is 10.0. The van der Waals surface area contributed by atoms with Crippen molar-refractivity contribution in [2.45, 2.75) is 20.3 Å². The molecule has 0 bridgehead atoms. The molecule has 0 aliphatic carbocycles. The summed E-state index contributed by atoms with van der Waals surface area (Å²) in [5.41, 5.74) is 0. The smallest absolute Gasteiger partial charge is 0.319 e. The van der Waals surface area contributed by atoms with E-state index in [2.05, 4.69) is 11.8 Å². The van der Waals surface area contributed by atoms with Crippen LogP contribution in [0.25, 0.3) is 0 Å². The molecule has 0 fully saturated rings. The van der Waals surface area contributed by atoms with Crippen LogP contribution in [0.2, 0.25) is 0 Å². The summed E-state index contributed by atoms with van der Waals surface area (Å²) in [4.78, 5) is 20.9. The minimum atomic E-state index is -1.03. The van der Waals surface area contributed by atoms with Gasteiger partial charge in [-0.3, -0.25) is 9.59 Å². The maximum Gasteiger partial charge on any atom is 0.319 e. The Kier molecular flexibility index (Phi) is 3.97. The first-order valence-electron chi connectivity index (χ1n) is 3.22. The van der Waals surface area contributed by atoms with Crippen molar-refractivity contribution in [3.63, 3.8) is 0 Å². The summed E-state index contributed by atoms with van der Waals surface area (Å²) in [6.45, 7) is 2.91. The summed E-state index contributed by atoms with van der Waals surface area (Å²) in [6, 6.07) is 0. The molecule has 1 unspecified atom stereocenters. The summed E-state index contributed by atoms with van der Waals surface area (Å²) in [5, 5.41) is 8.50. The summed E-state index contributed by atoms with van der Waals surface area (Å²) in [7, 11) is 0. The van der Waals surface area contributed by atoms with E-state index < -0.39 is 11.9 Å². The third kappa shape index (κ3) is 4.15. The minimum Gasteiger partial charge on any atom is -0.480 e. The van der Waals surface area contributed by atoms with Crippen molar-refractivity contribution in [2.75, 3.05) is 0 Å². The van der Waals surface area contributed by atoms with Gasteiger partial charge in [-0.15, -0.1) is 5.92 Å². The van der Waals surface area contributed by atoms with Gasteiger partial charge in [-0.2, -0.15) is 0 Å². The number of hydrogen-bond donors (Lipinski definition) is 1. The number of carbonyl (C=O) groups is 2. The number of carboxylic acid groups (broad SMARTS) is 1. The highest BCUT2D eigenvalue weighted by Crippen LogP contribution is 2.01. The number of hydrogen-bond acceptors (Lipinski definition) is 2. The number of carbonyl (C=O) groups excluding carboxylic acids is 1. The molecule has 3 heteroatoms. The highest BCUT2D eigenvalue weighted by atomic mass is 16.4. The van der Waals surface area contributed by atoms with E-state index in [9.17, 15) is 9.59 Å². The second-order valence-electron chi connectivity index (χ2n) is 2.19. The van der Waals surface area contributed by atoms with Gasteiger partial charge < -0.3 is 5.11 Å². The van der Waals surface area contributed by atoms with Gasteiger partial charge >= 0.3 is 5.97 Å². The van der Waals surface area contributed by atoms with Gasteiger partial charge in [0.25, 0.3) is 0 Å². The predicted octanol–water partition coefficient (Wildman–Crippen LogP) is 0.690. The lowest BCUT2D eigenvalue weighted by Crippen LogP contribution is -2.14. The zero-order valence-corrected chi connectivity index (χ0v) is 6.55.